The van der Waals surface area contributed by atoms with Crippen LogP contribution in [0.2, 0.25) is 0 Å². The fourth-order valence-corrected chi connectivity index (χ4v) is 5.58. The number of carbonyl (C=O) groups is 3. The van der Waals surface area contributed by atoms with Crippen LogP contribution in [-0.4, -0.2) is 48.7 Å². The summed E-state index contributed by atoms with van der Waals surface area (Å²) < 4.78 is 16.8. The van der Waals surface area contributed by atoms with E-state index in [-0.39, 0.29) is 0 Å². The molecule has 1 heterocycles. The standard InChI is InChI=1S/C32H51N3O6/c1-3-5-7-13-23-33-30(36)40-28(17-9-6-4-2)34-31(37)41-29-18-12-14-24-35(29)32(38)39-27-21-19-26(20-22-27)25-15-10-8-11-16-25/h19-22,25,28-29H,3-18,23-24H2,1-2H3,(H,33,36)(H,34,37). The van der Waals surface area contributed by atoms with Crippen molar-refractivity contribution in [2.75, 3.05) is 13.1 Å². The molecule has 1 aromatic rings. The molecule has 1 saturated carbocycles. The Balaban J connectivity index is 1.51. The maximum absolute atomic E-state index is 13.1. The summed E-state index contributed by atoms with van der Waals surface area (Å²) >= 11 is 0. The normalized spacial score (nSPS) is 18.3. The Kier molecular flexibility index (Phi) is 14.7. The molecular weight excluding hydrogens is 522 g/mol. The molecule has 0 radical (unpaired) electrons. The van der Waals surface area contributed by atoms with E-state index >= 15 is 0 Å². The maximum atomic E-state index is 13.1. The van der Waals surface area contributed by atoms with Gasteiger partial charge in [0.05, 0.1) is 0 Å². The van der Waals surface area contributed by atoms with Crippen molar-refractivity contribution in [2.45, 2.75) is 135 Å². The number of alkyl carbamates (subject to hydrolysis) is 2. The Morgan fingerprint density at radius 2 is 1.56 bits per heavy atom. The molecule has 1 aliphatic heterocycles. The average Bonchev–Trinajstić information content (AvgIpc) is 2.98. The molecule has 0 spiro atoms. The van der Waals surface area contributed by atoms with Gasteiger partial charge in [-0.25, -0.2) is 14.4 Å². The number of hydrogen-bond acceptors (Lipinski definition) is 6. The number of amides is 3. The van der Waals surface area contributed by atoms with E-state index in [1.807, 2.05) is 12.1 Å². The van der Waals surface area contributed by atoms with Gasteiger partial charge in [-0.05, 0) is 62.1 Å². The Bertz CT molecular complexity index is 919. The van der Waals surface area contributed by atoms with Gasteiger partial charge in [0, 0.05) is 25.9 Å². The van der Waals surface area contributed by atoms with Crippen LogP contribution in [-0.2, 0) is 9.47 Å². The van der Waals surface area contributed by atoms with Crippen molar-refractivity contribution in [2.24, 2.45) is 0 Å². The van der Waals surface area contributed by atoms with Gasteiger partial charge in [0.15, 0.2) is 12.5 Å². The number of benzene rings is 1. The van der Waals surface area contributed by atoms with Crippen LogP contribution in [0.3, 0.4) is 0 Å². The molecule has 41 heavy (non-hydrogen) atoms. The maximum Gasteiger partial charge on any atom is 0.418 e. The van der Waals surface area contributed by atoms with Gasteiger partial charge in [-0.2, -0.15) is 0 Å². The minimum Gasteiger partial charge on any atom is -0.425 e. The van der Waals surface area contributed by atoms with Gasteiger partial charge in [-0.3, -0.25) is 10.2 Å². The average molecular weight is 574 g/mol. The molecular formula is C32H51N3O6. The molecule has 1 saturated heterocycles. The van der Waals surface area contributed by atoms with Crippen LogP contribution in [0.5, 0.6) is 5.75 Å². The second-order valence-corrected chi connectivity index (χ2v) is 11.3. The van der Waals surface area contributed by atoms with E-state index < -0.39 is 30.7 Å². The zero-order valence-corrected chi connectivity index (χ0v) is 25.2. The largest absolute Gasteiger partial charge is 0.425 e. The molecule has 1 aromatic carbocycles. The Morgan fingerprint density at radius 3 is 2.29 bits per heavy atom. The van der Waals surface area contributed by atoms with Gasteiger partial charge in [-0.15, -0.1) is 0 Å². The van der Waals surface area contributed by atoms with E-state index in [1.165, 1.54) is 42.6 Å². The predicted molar refractivity (Wildman–Crippen MR) is 159 cm³/mol. The van der Waals surface area contributed by atoms with E-state index in [0.29, 0.717) is 37.6 Å². The number of piperidine rings is 1. The van der Waals surface area contributed by atoms with Gasteiger partial charge in [0.25, 0.3) is 0 Å². The summed E-state index contributed by atoms with van der Waals surface area (Å²) in [7, 11) is 0. The molecule has 230 valence electrons. The molecule has 0 bridgehead atoms. The summed E-state index contributed by atoms with van der Waals surface area (Å²) in [6.07, 6.45) is 12.5. The SMILES string of the molecule is CCCCCCNC(=O)OC(CCCCC)NC(=O)OC1CCCCN1C(=O)Oc1ccc(C2CCCCC2)cc1. The van der Waals surface area contributed by atoms with Crippen molar-refractivity contribution in [1.29, 1.82) is 0 Å². The molecule has 0 aromatic heterocycles. The van der Waals surface area contributed by atoms with E-state index in [2.05, 4.69) is 36.6 Å². The first-order valence-electron chi connectivity index (χ1n) is 16.0. The summed E-state index contributed by atoms with van der Waals surface area (Å²) in [5.41, 5.74) is 1.29. The quantitative estimate of drug-likeness (QED) is 0.173. The first-order valence-corrected chi connectivity index (χ1v) is 16.0. The number of unbranched alkanes of at least 4 members (excludes halogenated alkanes) is 5. The molecule has 2 atom stereocenters. The van der Waals surface area contributed by atoms with Gasteiger partial charge < -0.3 is 19.5 Å². The lowest BCUT2D eigenvalue weighted by Gasteiger charge is -2.34. The van der Waals surface area contributed by atoms with Gasteiger partial charge in [-0.1, -0.05) is 77.3 Å². The fourth-order valence-electron chi connectivity index (χ4n) is 5.58. The number of nitrogens with zero attached hydrogens (tertiary/aromatic N) is 1. The van der Waals surface area contributed by atoms with E-state index in [1.54, 1.807) is 0 Å². The predicted octanol–water partition coefficient (Wildman–Crippen LogP) is 7.98. The third-order valence-corrected chi connectivity index (χ3v) is 7.98. The lowest BCUT2D eigenvalue weighted by Crippen LogP contribution is -2.50. The summed E-state index contributed by atoms with van der Waals surface area (Å²) in [6.45, 7) is 5.20. The summed E-state index contributed by atoms with van der Waals surface area (Å²) in [6, 6.07) is 7.80. The van der Waals surface area contributed by atoms with Crippen molar-refractivity contribution in [1.82, 2.24) is 15.5 Å². The zero-order valence-electron chi connectivity index (χ0n) is 25.2. The van der Waals surface area contributed by atoms with E-state index in [9.17, 15) is 14.4 Å². The zero-order chi connectivity index (χ0) is 29.3. The first-order chi connectivity index (χ1) is 20.0. The highest BCUT2D eigenvalue weighted by atomic mass is 16.6. The molecule has 3 amide bonds. The number of ether oxygens (including phenoxy) is 3. The van der Waals surface area contributed by atoms with Crippen LogP contribution in [0.4, 0.5) is 14.4 Å². The topological polar surface area (TPSA) is 106 Å². The van der Waals surface area contributed by atoms with E-state index in [4.69, 9.17) is 14.2 Å². The van der Waals surface area contributed by atoms with Crippen molar-refractivity contribution in [3.63, 3.8) is 0 Å². The number of rotatable bonds is 14. The summed E-state index contributed by atoms with van der Waals surface area (Å²) in [5.74, 6) is 1.06. The molecule has 2 fully saturated rings. The summed E-state index contributed by atoms with van der Waals surface area (Å²) in [5, 5.41) is 5.45. The monoisotopic (exact) mass is 573 g/mol. The van der Waals surface area contributed by atoms with Crippen LogP contribution in [0, 0.1) is 0 Å². The minimum atomic E-state index is -0.809. The van der Waals surface area contributed by atoms with Crippen molar-refractivity contribution < 1.29 is 28.6 Å². The number of likely N-dealkylation sites (tertiary alicyclic amines) is 1. The fraction of sp³-hybridized carbons (Fsp3) is 0.719. The Morgan fingerprint density at radius 1 is 0.854 bits per heavy atom. The van der Waals surface area contributed by atoms with Crippen molar-refractivity contribution in [3.8, 4) is 5.75 Å². The summed E-state index contributed by atoms with van der Waals surface area (Å²) in [4.78, 5) is 39.7. The number of hydrogen-bond donors (Lipinski definition) is 2. The minimum absolute atomic E-state index is 0.438. The molecule has 2 unspecified atom stereocenters. The lowest BCUT2D eigenvalue weighted by molar-refractivity contribution is -0.0289. The second kappa shape index (κ2) is 18.5. The molecule has 9 nitrogen and oxygen atoms in total. The van der Waals surface area contributed by atoms with E-state index in [0.717, 1.165) is 57.8 Å². The van der Waals surface area contributed by atoms with Gasteiger partial charge >= 0.3 is 18.3 Å². The van der Waals surface area contributed by atoms with Crippen LogP contribution in [0.1, 0.15) is 128 Å². The van der Waals surface area contributed by atoms with Crippen LogP contribution < -0.4 is 15.4 Å². The molecule has 2 N–H and O–H groups in total. The molecule has 2 aliphatic rings. The first kappa shape index (κ1) is 32.5. The molecule has 3 rings (SSSR count). The molecule has 9 heteroatoms. The Hall–Kier alpha value is -2.97. The smallest absolute Gasteiger partial charge is 0.418 e. The lowest BCUT2D eigenvalue weighted by atomic mass is 9.84. The highest BCUT2D eigenvalue weighted by molar-refractivity contribution is 5.73. The number of carbonyl (C=O) groups excluding carboxylic acids is 3. The van der Waals surface area contributed by atoms with Crippen molar-refractivity contribution in [3.05, 3.63) is 29.8 Å². The Labute approximate surface area is 246 Å². The molecule has 1 aliphatic carbocycles. The van der Waals surface area contributed by atoms with Crippen LogP contribution >= 0.6 is 0 Å². The van der Waals surface area contributed by atoms with Crippen LogP contribution in [0.15, 0.2) is 24.3 Å². The van der Waals surface area contributed by atoms with Gasteiger partial charge in [0.1, 0.15) is 5.75 Å². The van der Waals surface area contributed by atoms with Gasteiger partial charge in [0.2, 0.25) is 0 Å². The third kappa shape index (κ3) is 11.8. The highest BCUT2D eigenvalue weighted by Crippen LogP contribution is 2.33. The third-order valence-electron chi connectivity index (χ3n) is 7.98. The highest BCUT2D eigenvalue weighted by Gasteiger charge is 2.32. The van der Waals surface area contributed by atoms with Crippen LogP contribution in [0.25, 0.3) is 0 Å². The van der Waals surface area contributed by atoms with Crippen molar-refractivity contribution >= 4 is 18.3 Å². The number of nitrogens with one attached hydrogen (secondary N) is 2. The second-order valence-electron chi connectivity index (χ2n) is 11.3.